The number of carbonyl (C=O) groups excluding carboxylic acids is 1. The second kappa shape index (κ2) is 4.40. The lowest BCUT2D eigenvalue weighted by Gasteiger charge is -2.17. The Morgan fingerprint density at radius 1 is 1.47 bits per heavy atom. The van der Waals surface area contributed by atoms with Gasteiger partial charge >= 0.3 is 0 Å². The van der Waals surface area contributed by atoms with E-state index in [-0.39, 0.29) is 23.9 Å². The van der Waals surface area contributed by atoms with Gasteiger partial charge in [0.2, 0.25) is 0 Å². The molecule has 0 saturated heterocycles. The van der Waals surface area contributed by atoms with Crippen LogP contribution in [0.4, 0.5) is 4.39 Å². The highest BCUT2D eigenvalue weighted by molar-refractivity contribution is 6.03. The van der Waals surface area contributed by atoms with E-state index >= 15 is 0 Å². The largest absolute Gasteiger partial charge is 0.294 e. The van der Waals surface area contributed by atoms with Crippen molar-refractivity contribution in [2.24, 2.45) is 0 Å². The monoisotopic (exact) mass is 233 g/mol. The molecule has 1 aliphatic carbocycles. The Kier molecular flexibility index (Phi) is 3.09. The van der Waals surface area contributed by atoms with Crippen LogP contribution in [0.5, 0.6) is 0 Å². The lowest BCUT2D eigenvalue weighted by atomic mass is 9.90. The van der Waals surface area contributed by atoms with E-state index in [9.17, 15) is 9.18 Å². The molecule has 0 amide bonds. The van der Waals surface area contributed by atoms with Crippen LogP contribution in [0.2, 0.25) is 0 Å². The zero-order valence-electron chi connectivity index (χ0n) is 10.4. The maximum Gasteiger partial charge on any atom is 0.163 e. The summed E-state index contributed by atoms with van der Waals surface area (Å²) in [6.07, 6.45) is 4.12. The molecule has 1 aromatic rings. The zero-order valence-corrected chi connectivity index (χ0v) is 10.4. The van der Waals surface area contributed by atoms with Crippen LogP contribution in [0.25, 0.3) is 6.08 Å². The van der Waals surface area contributed by atoms with Gasteiger partial charge in [0.25, 0.3) is 0 Å². The number of nitrogens with zero attached hydrogens (tertiary/aromatic N) is 1. The molecule has 0 fully saturated rings. The summed E-state index contributed by atoms with van der Waals surface area (Å²) in [5, 5.41) is 0. The summed E-state index contributed by atoms with van der Waals surface area (Å²) >= 11 is 0. The minimum Gasteiger partial charge on any atom is -0.294 e. The second-order valence-corrected chi connectivity index (χ2v) is 4.67. The number of hydrogen-bond donors (Lipinski definition) is 0. The molecule has 0 spiro atoms. The van der Waals surface area contributed by atoms with Crippen LogP contribution in [0, 0.1) is 5.82 Å². The van der Waals surface area contributed by atoms with Crippen molar-refractivity contribution in [2.45, 2.75) is 39.5 Å². The number of hydrogen-bond acceptors (Lipinski definition) is 2. The van der Waals surface area contributed by atoms with Crippen molar-refractivity contribution in [3.05, 3.63) is 34.4 Å². The van der Waals surface area contributed by atoms with Crippen LogP contribution in [0.15, 0.2) is 11.8 Å². The molecule has 3 heteroatoms. The molecule has 2 nitrogen and oxygen atoms in total. The van der Waals surface area contributed by atoms with E-state index in [0.717, 1.165) is 5.57 Å². The number of rotatable bonds is 2. The molecule has 0 N–H and O–H groups in total. The van der Waals surface area contributed by atoms with Crippen LogP contribution in [-0.2, 0) is 11.2 Å². The number of fused-ring (bicyclic) bond motifs is 1. The average molecular weight is 233 g/mol. The molecule has 1 aromatic heterocycles. The maximum atomic E-state index is 14.2. The van der Waals surface area contributed by atoms with Gasteiger partial charge in [0, 0.05) is 23.7 Å². The highest BCUT2D eigenvalue weighted by Crippen LogP contribution is 2.28. The molecule has 0 saturated carbocycles. The Labute approximate surface area is 101 Å². The number of carbonyl (C=O) groups is 1. The van der Waals surface area contributed by atoms with Crippen LogP contribution in [-0.4, -0.2) is 10.8 Å². The number of Topliss-reactive ketones (excluding diaryl/α,β-unsaturated/α-hetero) is 1. The number of pyridine rings is 1. The minimum absolute atomic E-state index is 0.0154. The van der Waals surface area contributed by atoms with E-state index in [2.05, 4.69) is 4.98 Å². The molecule has 0 aromatic carbocycles. The molecule has 0 atom stereocenters. The van der Waals surface area contributed by atoms with E-state index in [1.807, 2.05) is 20.8 Å². The van der Waals surface area contributed by atoms with Gasteiger partial charge in [0.05, 0.1) is 5.69 Å². The van der Waals surface area contributed by atoms with Crippen LogP contribution >= 0.6 is 0 Å². The first-order valence-electron chi connectivity index (χ1n) is 5.95. The van der Waals surface area contributed by atoms with Crippen molar-refractivity contribution in [1.29, 1.82) is 0 Å². The van der Waals surface area contributed by atoms with Gasteiger partial charge in [0.1, 0.15) is 5.82 Å². The van der Waals surface area contributed by atoms with E-state index in [1.165, 1.54) is 0 Å². The molecule has 0 radical (unpaired) electrons. The molecule has 1 aliphatic rings. The van der Waals surface area contributed by atoms with E-state index in [0.29, 0.717) is 23.2 Å². The van der Waals surface area contributed by atoms with E-state index in [1.54, 1.807) is 12.3 Å². The smallest absolute Gasteiger partial charge is 0.163 e. The predicted octanol–water partition coefficient (Wildman–Crippen LogP) is 3.26. The lowest BCUT2D eigenvalue weighted by molar-refractivity contribution is -0.115. The van der Waals surface area contributed by atoms with Gasteiger partial charge in [-0.25, -0.2) is 4.39 Å². The Hall–Kier alpha value is -1.51. The van der Waals surface area contributed by atoms with E-state index in [4.69, 9.17) is 0 Å². The normalized spacial score (nSPS) is 14.9. The third-order valence-electron chi connectivity index (χ3n) is 3.18. The molecule has 0 unspecified atom stereocenters. The first-order chi connectivity index (χ1) is 8.04. The average Bonchev–Trinajstić information content (AvgIpc) is 2.29. The van der Waals surface area contributed by atoms with Gasteiger partial charge in [-0.05, 0) is 24.0 Å². The highest BCUT2D eigenvalue weighted by atomic mass is 19.1. The zero-order chi connectivity index (χ0) is 12.6. The van der Waals surface area contributed by atoms with Gasteiger partial charge in [-0.3, -0.25) is 9.78 Å². The Morgan fingerprint density at radius 2 is 2.18 bits per heavy atom. The van der Waals surface area contributed by atoms with Gasteiger partial charge in [-0.15, -0.1) is 0 Å². The van der Waals surface area contributed by atoms with Crippen molar-refractivity contribution >= 4 is 11.9 Å². The van der Waals surface area contributed by atoms with Crippen molar-refractivity contribution in [3.63, 3.8) is 0 Å². The highest BCUT2D eigenvalue weighted by Gasteiger charge is 2.23. The van der Waals surface area contributed by atoms with Crippen LogP contribution in [0.3, 0.4) is 0 Å². The third-order valence-corrected chi connectivity index (χ3v) is 3.18. The lowest BCUT2D eigenvalue weighted by Crippen LogP contribution is -2.16. The van der Waals surface area contributed by atoms with Crippen molar-refractivity contribution in [2.75, 3.05) is 0 Å². The fourth-order valence-electron chi connectivity index (χ4n) is 2.07. The topological polar surface area (TPSA) is 30.0 Å². The SMILES string of the molecule is CCC1=Cc2ncc(C(C)C)c(F)c2CC1=O. The van der Waals surface area contributed by atoms with Crippen LogP contribution in [0.1, 0.15) is 49.9 Å². The van der Waals surface area contributed by atoms with Gasteiger partial charge in [-0.1, -0.05) is 20.8 Å². The Morgan fingerprint density at radius 3 is 2.76 bits per heavy atom. The summed E-state index contributed by atoms with van der Waals surface area (Å²) in [5.41, 5.74) is 2.40. The summed E-state index contributed by atoms with van der Waals surface area (Å²) in [7, 11) is 0. The summed E-state index contributed by atoms with van der Waals surface area (Å²) in [6, 6.07) is 0. The van der Waals surface area contributed by atoms with Crippen molar-refractivity contribution in [3.8, 4) is 0 Å². The van der Waals surface area contributed by atoms with Crippen molar-refractivity contribution < 1.29 is 9.18 Å². The van der Waals surface area contributed by atoms with Gasteiger partial charge in [0.15, 0.2) is 5.78 Å². The predicted molar refractivity (Wildman–Crippen MR) is 65.3 cm³/mol. The van der Waals surface area contributed by atoms with E-state index < -0.39 is 0 Å². The van der Waals surface area contributed by atoms with Crippen LogP contribution < -0.4 is 0 Å². The first kappa shape index (κ1) is 12.0. The number of allylic oxidation sites excluding steroid dienone is 1. The second-order valence-electron chi connectivity index (χ2n) is 4.67. The quantitative estimate of drug-likeness (QED) is 0.784. The Balaban J connectivity index is 2.56. The summed E-state index contributed by atoms with van der Waals surface area (Å²) in [4.78, 5) is 16.0. The summed E-state index contributed by atoms with van der Waals surface area (Å²) in [6.45, 7) is 5.77. The fraction of sp³-hybridized carbons (Fsp3) is 0.429. The number of aromatic nitrogens is 1. The number of ketones is 1. The van der Waals surface area contributed by atoms with Gasteiger partial charge in [-0.2, -0.15) is 0 Å². The molecular formula is C14H16FNO. The molecule has 0 bridgehead atoms. The number of halogens is 1. The third kappa shape index (κ3) is 2.02. The standard InChI is InChI=1S/C14H16FNO/c1-4-9-5-12-10(6-13(9)17)14(15)11(7-16-12)8(2)3/h5,7-8H,4,6H2,1-3H3. The molecule has 1 heterocycles. The fourth-order valence-corrected chi connectivity index (χ4v) is 2.07. The molecule has 17 heavy (non-hydrogen) atoms. The Bertz CT molecular complexity index is 503. The van der Waals surface area contributed by atoms with Crippen molar-refractivity contribution in [1.82, 2.24) is 4.98 Å². The first-order valence-corrected chi connectivity index (χ1v) is 5.95. The molecule has 0 aliphatic heterocycles. The molecule has 90 valence electrons. The summed E-state index contributed by atoms with van der Waals surface area (Å²) < 4.78 is 14.2. The molecule has 2 rings (SSSR count). The maximum absolute atomic E-state index is 14.2. The molecular weight excluding hydrogens is 217 g/mol. The minimum atomic E-state index is -0.259. The summed E-state index contributed by atoms with van der Waals surface area (Å²) in [5.74, 6) is -0.161. The van der Waals surface area contributed by atoms with Gasteiger partial charge < -0.3 is 0 Å².